The van der Waals surface area contributed by atoms with E-state index in [1.165, 1.54) is 23.1 Å². The van der Waals surface area contributed by atoms with Gasteiger partial charge in [-0.2, -0.15) is 0 Å². The summed E-state index contributed by atoms with van der Waals surface area (Å²) in [6.07, 6.45) is 1.04. The van der Waals surface area contributed by atoms with Crippen molar-refractivity contribution in [1.82, 2.24) is 10.2 Å². The maximum absolute atomic E-state index is 14.1. The summed E-state index contributed by atoms with van der Waals surface area (Å²) < 4.78 is 25.8. The molecule has 0 aliphatic carbocycles. The van der Waals surface area contributed by atoms with Crippen molar-refractivity contribution in [3.63, 3.8) is 0 Å². The van der Waals surface area contributed by atoms with E-state index in [9.17, 15) is 19.1 Å². The van der Waals surface area contributed by atoms with Crippen LogP contribution >= 0.6 is 0 Å². The van der Waals surface area contributed by atoms with Gasteiger partial charge in [0.15, 0.2) is 5.96 Å². The molecule has 4 N–H and O–H groups in total. The number of carbonyl (C=O) groups excluding carboxylic acids is 2. The molecule has 10 heteroatoms. The minimum Gasteiger partial charge on any atom is -0.493 e. The highest BCUT2D eigenvalue weighted by atomic mass is 19.1. The molecular formula is C29H35FN4O5. The number of hydrogen-bond acceptors (Lipinski definition) is 7. The van der Waals surface area contributed by atoms with Gasteiger partial charge < -0.3 is 25.6 Å². The van der Waals surface area contributed by atoms with Crippen LogP contribution in [0.1, 0.15) is 86.9 Å². The molecule has 3 aliphatic heterocycles. The fourth-order valence-electron chi connectivity index (χ4n) is 5.76. The Hall–Kier alpha value is -3.66. The van der Waals surface area contributed by atoms with Crippen LogP contribution in [0.2, 0.25) is 0 Å². The Balaban J connectivity index is 1.46. The molecule has 2 aromatic carbocycles. The van der Waals surface area contributed by atoms with E-state index in [1.54, 1.807) is 32.0 Å². The third-order valence-corrected chi connectivity index (χ3v) is 8.25. The Morgan fingerprint density at radius 2 is 1.90 bits per heavy atom. The van der Waals surface area contributed by atoms with E-state index in [1.807, 2.05) is 13.8 Å². The van der Waals surface area contributed by atoms with Gasteiger partial charge in [-0.3, -0.25) is 14.5 Å². The standard InChI is InChI=1S/C29H35FN4O5/c1-5-29(6-2)15-23(35)34(27(31)33-29)20-11-12-38-21-9-7-16(13-18(20)21)26(37)32-24-19-14-17(30)8-10-22(19)39-28(3,4)25(24)36/h7-10,13-14,20,24-25,36H,5-6,11-12,15H2,1-4H3,(H2,31,33)(H,32,37)/t20-,24+,25-/m1/s1. The molecule has 9 nitrogen and oxygen atoms in total. The van der Waals surface area contributed by atoms with Gasteiger partial charge in [0.1, 0.15) is 29.0 Å². The lowest BCUT2D eigenvalue weighted by atomic mass is 9.86. The van der Waals surface area contributed by atoms with Gasteiger partial charge in [-0.25, -0.2) is 9.38 Å². The van der Waals surface area contributed by atoms with E-state index in [-0.39, 0.29) is 18.3 Å². The molecule has 0 spiro atoms. The Morgan fingerprint density at radius 3 is 2.59 bits per heavy atom. The van der Waals surface area contributed by atoms with Crippen LogP contribution in [0.5, 0.6) is 11.5 Å². The maximum Gasteiger partial charge on any atom is 0.251 e. The molecule has 3 heterocycles. The minimum absolute atomic E-state index is 0.106. The number of nitrogens with two attached hydrogens (primary N) is 1. The number of amides is 2. The van der Waals surface area contributed by atoms with Crippen molar-refractivity contribution in [3.05, 3.63) is 58.9 Å². The summed E-state index contributed by atoms with van der Waals surface area (Å²) in [6.45, 7) is 7.80. The summed E-state index contributed by atoms with van der Waals surface area (Å²) in [5, 5.41) is 13.9. The van der Waals surface area contributed by atoms with Crippen molar-refractivity contribution in [1.29, 1.82) is 0 Å². The van der Waals surface area contributed by atoms with E-state index in [0.29, 0.717) is 54.1 Å². The number of benzene rings is 2. The lowest BCUT2D eigenvalue weighted by molar-refractivity contribution is -0.132. The highest BCUT2D eigenvalue weighted by Gasteiger charge is 2.45. The highest BCUT2D eigenvalue weighted by Crippen LogP contribution is 2.42. The van der Waals surface area contributed by atoms with Gasteiger partial charge in [0.25, 0.3) is 5.91 Å². The number of nitrogens with zero attached hydrogens (tertiary/aromatic N) is 2. The zero-order chi connectivity index (χ0) is 28.1. The number of rotatable bonds is 5. The van der Waals surface area contributed by atoms with Crippen molar-refractivity contribution in [2.24, 2.45) is 10.7 Å². The van der Waals surface area contributed by atoms with Gasteiger partial charge in [0, 0.05) is 23.1 Å². The number of aliphatic hydroxyl groups is 1. The molecule has 0 saturated heterocycles. The summed E-state index contributed by atoms with van der Waals surface area (Å²) >= 11 is 0. The first-order chi connectivity index (χ1) is 18.5. The molecule has 39 heavy (non-hydrogen) atoms. The SMILES string of the molecule is CCC1(CC)CC(=O)N([C@@H]2CCOc3ccc(C(=O)N[C@H]4c5cc(F)ccc5OC(C)(C)[C@@H]4O)cc32)C(N)=N1. The van der Waals surface area contributed by atoms with E-state index >= 15 is 0 Å². The summed E-state index contributed by atoms with van der Waals surface area (Å²) in [7, 11) is 0. The predicted molar refractivity (Wildman–Crippen MR) is 143 cm³/mol. The Bertz CT molecular complexity index is 1340. The van der Waals surface area contributed by atoms with Crippen LogP contribution in [-0.2, 0) is 4.79 Å². The number of hydrogen-bond donors (Lipinski definition) is 3. The molecule has 208 valence electrons. The van der Waals surface area contributed by atoms with Crippen LogP contribution in [0.25, 0.3) is 0 Å². The number of aliphatic imine (C=N–C) groups is 1. The van der Waals surface area contributed by atoms with Gasteiger partial charge >= 0.3 is 0 Å². The first-order valence-electron chi connectivity index (χ1n) is 13.4. The van der Waals surface area contributed by atoms with E-state index in [4.69, 9.17) is 20.2 Å². The molecule has 2 amide bonds. The zero-order valence-electron chi connectivity index (χ0n) is 22.7. The van der Waals surface area contributed by atoms with E-state index in [0.717, 1.165) is 0 Å². The van der Waals surface area contributed by atoms with E-state index < -0.39 is 41.1 Å². The minimum atomic E-state index is -1.14. The maximum atomic E-state index is 14.1. The second-order valence-electron chi connectivity index (χ2n) is 11.0. The van der Waals surface area contributed by atoms with Crippen molar-refractivity contribution in [2.75, 3.05) is 6.61 Å². The largest absolute Gasteiger partial charge is 0.493 e. The number of guanidine groups is 1. The van der Waals surface area contributed by atoms with E-state index in [2.05, 4.69) is 5.32 Å². The first kappa shape index (κ1) is 26.9. The Morgan fingerprint density at radius 1 is 1.18 bits per heavy atom. The molecule has 5 rings (SSSR count). The molecule has 0 radical (unpaired) electrons. The number of nitrogens with one attached hydrogen (secondary N) is 1. The average molecular weight is 539 g/mol. The van der Waals surface area contributed by atoms with Gasteiger partial charge in [-0.05, 0) is 63.1 Å². The monoisotopic (exact) mass is 538 g/mol. The fraction of sp³-hybridized carbons (Fsp3) is 0.483. The van der Waals surface area contributed by atoms with Gasteiger partial charge in [0.2, 0.25) is 5.91 Å². The van der Waals surface area contributed by atoms with Crippen LogP contribution in [0.4, 0.5) is 4.39 Å². The molecular weight excluding hydrogens is 503 g/mol. The molecule has 0 unspecified atom stereocenters. The molecule has 0 saturated carbocycles. The molecule has 2 aromatic rings. The zero-order valence-corrected chi connectivity index (χ0v) is 22.7. The highest BCUT2D eigenvalue weighted by molar-refractivity contribution is 6.00. The van der Waals surface area contributed by atoms with Crippen molar-refractivity contribution in [3.8, 4) is 11.5 Å². The number of ether oxygens (including phenoxy) is 2. The molecule has 3 aliphatic rings. The van der Waals surface area contributed by atoms with Gasteiger partial charge in [0.05, 0.1) is 30.7 Å². The molecule has 0 fully saturated rings. The summed E-state index contributed by atoms with van der Waals surface area (Å²) in [4.78, 5) is 33.1. The number of carbonyl (C=O) groups is 2. The summed E-state index contributed by atoms with van der Waals surface area (Å²) in [6, 6.07) is 7.67. The second-order valence-corrected chi connectivity index (χ2v) is 11.0. The van der Waals surface area contributed by atoms with Crippen molar-refractivity contribution in [2.45, 2.75) is 82.7 Å². The normalized spacial score (nSPS) is 25.0. The van der Waals surface area contributed by atoms with Crippen LogP contribution in [0, 0.1) is 5.82 Å². The lowest BCUT2D eigenvalue weighted by Gasteiger charge is -2.42. The number of halogens is 1. The fourth-order valence-corrected chi connectivity index (χ4v) is 5.76. The number of fused-ring (bicyclic) bond motifs is 2. The van der Waals surface area contributed by atoms with Crippen molar-refractivity contribution < 1.29 is 28.6 Å². The van der Waals surface area contributed by atoms with Gasteiger partial charge in [-0.1, -0.05) is 13.8 Å². The summed E-state index contributed by atoms with van der Waals surface area (Å²) in [5.74, 6) is 0.0499. The van der Waals surface area contributed by atoms with Crippen LogP contribution < -0.4 is 20.5 Å². The van der Waals surface area contributed by atoms with Crippen molar-refractivity contribution >= 4 is 17.8 Å². The quantitative estimate of drug-likeness (QED) is 0.532. The topological polar surface area (TPSA) is 126 Å². The van der Waals surface area contributed by atoms with Crippen LogP contribution in [0.3, 0.4) is 0 Å². The molecule has 0 aromatic heterocycles. The lowest BCUT2D eigenvalue weighted by Crippen LogP contribution is -2.53. The smallest absolute Gasteiger partial charge is 0.251 e. The number of aliphatic hydroxyl groups excluding tert-OH is 1. The van der Waals surface area contributed by atoms with Crippen LogP contribution in [-0.4, -0.2) is 51.6 Å². The average Bonchev–Trinajstić information content (AvgIpc) is 2.91. The predicted octanol–water partition coefficient (Wildman–Crippen LogP) is 3.76. The first-order valence-corrected chi connectivity index (χ1v) is 13.4. The van der Waals surface area contributed by atoms with Gasteiger partial charge in [-0.15, -0.1) is 0 Å². The third kappa shape index (κ3) is 4.71. The third-order valence-electron chi connectivity index (χ3n) is 8.25. The second kappa shape index (κ2) is 9.82. The molecule has 0 bridgehead atoms. The van der Waals surface area contributed by atoms with Crippen LogP contribution in [0.15, 0.2) is 41.4 Å². The Labute approximate surface area is 227 Å². The summed E-state index contributed by atoms with van der Waals surface area (Å²) in [5.41, 5.74) is 6.16. The Kier molecular flexibility index (Phi) is 6.78. The molecule has 3 atom stereocenters.